The molecule has 0 bridgehead atoms. The standard InChI is InChI=1S/C50H49N7O8/c58-41(51-28-12-10-23-42(59)53-39-21-13-20-37-38(39)31-57(48(37)63)40-24-25-43(60)54-46(40)62)22-9-11-29-52-44(61)32-56-30-35-18-7-8-19-36(35)45-50(49(56)64,27-26-33-14-3-1-4-15-33)55-47(65-45)34-16-5-2-6-17-34/h1-8,13-21,40,45H,9-12,22-25,28-32H2,(H,51,58)(H,52,61)(H,53,59)(H,54,60,62)/t40?,45-,50-/m0/s1. The fourth-order valence-electron chi connectivity index (χ4n) is 8.53. The molecule has 0 radical (unpaired) electrons. The number of nitrogens with zero attached hydrogens (tertiary/aromatic N) is 3. The summed E-state index contributed by atoms with van der Waals surface area (Å²) in [4.78, 5) is 98.5. The first-order chi connectivity index (χ1) is 31.6. The molecule has 15 nitrogen and oxygen atoms in total. The number of amides is 7. The number of fused-ring (bicyclic) bond motifs is 4. The van der Waals surface area contributed by atoms with Crippen LogP contribution in [0.4, 0.5) is 5.69 Å². The van der Waals surface area contributed by atoms with E-state index >= 15 is 0 Å². The van der Waals surface area contributed by atoms with Crippen molar-refractivity contribution < 1.29 is 38.3 Å². The van der Waals surface area contributed by atoms with Crippen molar-refractivity contribution in [3.8, 4) is 11.8 Å². The van der Waals surface area contributed by atoms with Crippen LogP contribution in [-0.2, 0) is 46.6 Å². The third-order valence-electron chi connectivity index (χ3n) is 11.9. The van der Waals surface area contributed by atoms with Crippen LogP contribution in [0, 0.1) is 11.8 Å². The maximum atomic E-state index is 14.7. The van der Waals surface area contributed by atoms with Crippen LogP contribution >= 0.6 is 0 Å². The van der Waals surface area contributed by atoms with Crippen LogP contribution in [0.25, 0.3) is 0 Å². The van der Waals surface area contributed by atoms with Gasteiger partial charge in [0.05, 0.1) is 6.54 Å². The number of piperidine rings is 1. The zero-order valence-electron chi connectivity index (χ0n) is 35.8. The maximum Gasteiger partial charge on any atom is 0.268 e. The number of rotatable bonds is 15. The second kappa shape index (κ2) is 19.8. The Morgan fingerprint density at radius 1 is 0.769 bits per heavy atom. The Bertz CT molecular complexity index is 2610. The van der Waals surface area contributed by atoms with Crippen LogP contribution < -0.4 is 21.3 Å². The van der Waals surface area contributed by atoms with Crippen molar-refractivity contribution in [1.82, 2.24) is 25.8 Å². The Morgan fingerprint density at radius 3 is 2.22 bits per heavy atom. The lowest BCUT2D eigenvalue weighted by atomic mass is 9.87. The van der Waals surface area contributed by atoms with E-state index in [1.54, 1.807) is 18.2 Å². The second-order valence-corrected chi connectivity index (χ2v) is 16.4. The minimum atomic E-state index is -1.65. The van der Waals surface area contributed by atoms with Gasteiger partial charge in [0.25, 0.3) is 11.8 Å². The minimum absolute atomic E-state index is 0.134. The normalized spacial score (nSPS) is 19.6. The Balaban J connectivity index is 0.778. The van der Waals surface area contributed by atoms with E-state index in [-0.39, 0.29) is 74.9 Å². The average Bonchev–Trinajstić information content (AvgIpc) is 3.85. The smallest absolute Gasteiger partial charge is 0.268 e. The number of hydrogen-bond donors (Lipinski definition) is 4. The molecule has 4 aliphatic rings. The lowest BCUT2D eigenvalue weighted by Crippen LogP contribution is -2.52. The average molecular weight is 876 g/mol. The molecule has 1 unspecified atom stereocenters. The lowest BCUT2D eigenvalue weighted by Gasteiger charge is -2.29. The summed E-state index contributed by atoms with van der Waals surface area (Å²) in [6.07, 6.45) is 2.21. The summed E-state index contributed by atoms with van der Waals surface area (Å²) < 4.78 is 6.51. The number of ether oxygens (including phenoxy) is 1. The highest BCUT2D eigenvalue weighted by atomic mass is 16.5. The van der Waals surface area contributed by atoms with Crippen LogP contribution in [-0.4, -0.2) is 88.3 Å². The van der Waals surface area contributed by atoms with Crippen LogP contribution in [0.1, 0.15) is 95.6 Å². The summed E-state index contributed by atoms with van der Waals surface area (Å²) in [5.41, 5.74) is 2.93. The number of imide groups is 1. The number of hydrogen-bond acceptors (Lipinski definition) is 9. The molecule has 332 valence electrons. The molecule has 15 heteroatoms. The van der Waals surface area contributed by atoms with Gasteiger partial charge >= 0.3 is 0 Å². The Labute approximate surface area is 376 Å². The summed E-state index contributed by atoms with van der Waals surface area (Å²) in [5.74, 6) is 4.35. The number of aliphatic imine (C=N–C) groups is 1. The largest absolute Gasteiger partial charge is 0.465 e. The van der Waals surface area contributed by atoms with E-state index in [0.29, 0.717) is 72.6 Å². The topological polar surface area (TPSA) is 196 Å². The molecule has 0 aromatic heterocycles. The molecule has 7 amide bonds. The van der Waals surface area contributed by atoms with Crippen LogP contribution in [0.2, 0.25) is 0 Å². The number of nitrogens with one attached hydrogen (secondary N) is 4. The number of unbranched alkanes of at least 4 members (excludes halogenated alkanes) is 2. The fraction of sp³-hybridized carbons (Fsp3) is 0.320. The van der Waals surface area contributed by atoms with Gasteiger partial charge in [-0.2, -0.15) is 0 Å². The summed E-state index contributed by atoms with van der Waals surface area (Å²) in [6, 6.07) is 30.6. The molecule has 0 spiro atoms. The van der Waals surface area contributed by atoms with Crippen molar-refractivity contribution in [2.75, 3.05) is 25.0 Å². The van der Waals surface area contributed by atoms with E-state index in [2.05, 4.69) is 33.1 Å². The number of carbonyl (C=O) groups is 7. The van der Waals surface area contributed by atoms with Gasteiger partial charge < -0.3 is 30.5 Å². The molecule has 4 aromatic rings. The number of carbonyl (C=O) groups excluding carboxylic acids is 7. The minimum Gasteiger partial charge on any atom is -0.465 e. The summed E-state index contributed by atoms with van der Waals surface area (Å²) in [7, 11) is 0. The van der Waals surface area contributed by atoms with E-state index in [1.807, 2.05) is 84.9 Å². The summed E-state index contributed by atoms with van der Waals surface area (Å²) in [6.45, 7) is 0.808. The van der Waals surface area contributed by atoms with Gasteiger partial charge in [-0.05, 0) is 74.1 Å². The highest BCUT2D eigenvalue weighted by Crippen LogP contribution is 2.44. The Morgan fingerprint density at radius 2 is 1.46 bits per heavy atom. The second-order valence-electron chi connectivity index (χ2n) is 16.4. The molecule has 1 fully saturated rings. The van der Waals surface area contributed by atoms with Gasteiger partial charge in [-0.1, -0.05) is 78.6 Å². The zero-order chi connectivity index (χ0) is 45.3. The quantitative estimate of drug-likeness (QED) is 0.0771. The molecular weight excluding hydrogens is 827 g/mol. The monoisotopic (exact) mass is 875 g/mol. The number of anilines is 1. The van der Waals surface area contributed by atoms with Gasteiger partial charge in [0.15, 0.2) is 6.10 Å². The summed E-state index contributed by atoms with van der Waals surface area (Å²) >= 11 is 0. The van der Waals surface area contributed by atoms with Crippen LogP contribution in [0.5, 0.6) is 0 Å². The molecule has 0 saturated carbocycles. The summed E-state index contributed by atoms with van der Waals surface area (Å²) in [5, 5.41) is 11.0. The van der Waals surface area contributed by atoms with Crippen molar-refractivity contribution >= 4 is 52.9 Å². The molecular formula is C50H49N7O8. The van der Waals surface area contributed by atoms with Gasteiger partial charge in [-0.3, -0.25) is 38.9 Å². The molecule has 4 aliphatic heterocycles. The molecule has 0 aliphatic carbocycles. The fourth-order valence-corrected chi connectivity index (χ4v) is 8.53. The van der Waals surface area contributed by atoms with Gasteiger partial charge in [0.2, 0.25) is 41.0 Å². The van der Waals surface area contributed by atoms with Crippen LogP contribution in [0.15, 0.2) is 108 Å². The molecule has 65 heavy (non-hydrogen) atoms. The van der Waals surface area contributed by atoms with Crippen molar-refractivity contribution in [2.24, 2.45) is 4.99 Å². The van der Waals surface area contributed by atoms with Gasteiger partial charge in [0, 0.05) is 78.9 Å². The number of benzene rings is 4. The van der Waals surface area contributed by atoms with Gasteiger partial charge in [-0.25, -0.2) is 4.99 Å². The first-order valence-electron chi connectivity index (χ1n) is 22.0. The molecule has 4 heterocycles. The van der Waals surface area contributed by atoms with E-state index in [1.165, 1.54) is 9.80 Å². The molecule has 4 N–H and O–H groups in total. The van der Waals surface area contributed by atoms with Crippen molar-refractivity contribution in [3.63, 3.8) is 0 Å². The predicted octanol–water partition coefficient (Wildman–Crippen LogP) is 4.31. The Kier molecular flexibility index (Phi) is 13.4. The SMILES string of the molecule is O=C(CCCCNC(=O)CN1Cc2ccccc2[C@@H]2OC(c3ccccc3)=N[C@]2(C#Cc2ccccc2)C1=O)NCCCCC(=O)Nc1cccc2c1CN(C1CCC(=O)NC1=O)C2=O. The lowest BCUT2D eigenvalue weighted by molar-refractivity contribution is -0.140. The zero-order valence-corrected chi connectivity index (χ0v) is 35.8. The highest BCUT2D eigenvalue weighted by molar-refractivity contribution is 6.07. The first-order valence-corrected chi connectivity index (χ1v) is 22.0. The Hall–Kier alpha value is -7.60. The predicted molar refractivity (Wildman–Crippen MR) is 240 cm³/mol. The van der Waals surface area contributed by atoms with Crippen LogP contribution in [0.3, 0.4) is 0 Å². The van der Waals surface area contributed by atoms with Gasteiger partial charge in [0.1, 0.15) is 6.04 Å². The third-order valence-corrected chi connectivity index (χ3v) is 11.9. The van der Waals surface area contributed by atoms with Crippen molar-refractivity contribution in [1.29, 1.82) is 0 Å². The third kappa shape index (κ3) is 9.97. The molecule has 4 aromatic carbocycles. The molecule has 3 atom stereocenters. The van der Waals surface area contributed by atoms with E-state index in [4.69, 9.17) is 9.73 Å². The van der Waals surface area contributed by atoms with Gasteiger partial charge in [-0.15, -0.1) is 0 Å². The first kappa shape index (κ1) is 44.0. The van der Waals surface area contributed by atoms with E-state index in [0.717, 1.165) is 11.1 Å². The highest BCUT2D eigenvalue weighted by Gasteiger charge is 2.56. The maximum absolute atomic E-state index is 14.7. The molecule has 1 saturated heterocycles. The molecule has 8 rings (SSSR count). The van der Waals surface area contributed by atoms with E-state index < -0.39 is 29.5 Å². The van der Waals surface area contributed by atoms with Crippen molar-refractivity contribution in [3.05, 3.63) is 137 Å². The van der Waals surface area contributed by atoms with E-state index in [9.17, 15) is 33.6 Å². The van der Waals surface area contributed by atoms with Crippen molar-refractivity contribution in [2.45, 2.75) is 82.1 Å².